The van der Waals surface area contributed by atoms with Crippen molar-refractivity contribution in [2.75, 3.05) is 0 Å². The topological polar surface area (TPSA) is 50.2 Å². The van der Waals surface area contributed by atoms with E-state index in [0.29, 0.717) is 12.8 Å². The van der Waals surface area contributed by atoms with Crippen molar-refractivity contribution in [3.63, 3.8) is 0 Å². The number of fused-ring (bicyclic) bond motifs is 3. The molecule has 4 heteroatoms. The Morgan fingerprint density at radius 2 is 1.95 bits per heavy atom. The number of nitrogens with zero attached hydrogens (tertiary/aromatic N) is 1. The first-order valence-electron chi connectivity index (χ1n) is 7.62. The van der Waals surface area contributed by atoms with Crippen LogP contribution in [0.25, 0.3) is 10.8 Å². The highest BCUT2D eigenvalue weighted by molar-refractivity contribution is 7.86. The largest absolute Gasteiger partial charge is 0.385 e. The predicted molar refractivity (Wildman–Crippen MR) is 84.4 cm³/mol. The Hall–Kier alpha value is -1.26. The number of hydrogen-bond donors (Lipinski definition) is 1. The third-order valence-electron chi connectivity index (χ3n) is 5.02. The van der Waals surface area contributed by atoms with E-state index >= 15 is 0 Å². The van der Waals surface area contributed by atoms with Crippen molar-refractivity contribution in [1.82, 2.24) is 4.98 Å². The summed E-state index contributed by atoms with van der Waals surface area (Å²) in [7, 11) is -0.766. The van der Waals surface area contributed by atoms with E-state index in [1.54, 1.807) is 6.20 Å². The predicted octanol–water partition coefficient (Wildman–Crippen LogP) is 2.89. The van der Waals surface area contributed by atoms with E-state index in [9.17, 15) is 9.32 Å². The highest BCUT2D eigenvalue weighted by Gasteiger charge is 2.46. The van der Waals surface area contributed by atoms with E-state index in [0.717, 1.165) is 35.6 Å². The molecule has 2 aliphatic heterocycles. The molecule has 2 unspecified atom stereocenters. The molecule has 2 aromatic rings. The van der Waals surface area contributed by atoms with Crippen LogP contribution < -0.4 is 0 Å². The van der Waals surface area contributed by atoms with Gasteiger partial charge in [-0.15, -0.1) is 0 Å². The molecule has 0 spiro atoms. The summed E-state index contributed by atoms with van der Waals surface area (Å²) >= 11 is 0. The van der Waals surface area contributed by atoms with Gasteiger partial charge >= 0.3 is 0 Å². The van der Waals surface area contributed by atoms with Crippen molar-refractivity contribution in [2.45, 2.75) is 48.2 Å². The second-order valence-corrected chi connectivity index (χ2v) is 8.34. The lowest BCUT2D eigenvalue weighted by Gasteiger charge is -2.44. The third kappa shape index (κ3) is 2.12. The van der Waals surface area contributed by atoms with Gasteiger partial charge in [0.05, 0.1) is 5.60 Å². The summed E-state index contributed by atoms with van der Waals surface area (Å²) in [4.78, 5) is 4.22. The number of aliphatic hydroxyl groups is 1. The number of pyridine rings is 1. The first-order valence-corrected chi connectivity index (χ1v) is 8.90. The zero-order valence-corrected chi connectivity index (χ0v) is 12.7. The lowest BCUT2D eigenvalue weighted by atomic mass is 9.79. The highest BCUT2D eigenvalue weighted by atomic mass is 32.2. The molecule has 4 rings (SSSR count). The maximum absolute atomic E-state index is 12.4. The Morgan fingerprint density at radius 1 is 1.19 bits per heavy atom. The zero-order chi connectivity index (χ0) is 14.4. The summed E-state index contributed by atoms with van der Waals surface area (Å²) in [5.41, 5.74) is 0.105. The maximum Gasteiger partial charge on any atom is 0.0926 e. The van der Waals surface area contributed by atoms with Crippen LogP contribution in [0.1, 0.15) is 37.7 Å². The van der Waals surface area contributed by atoms with E-state index in [4.69, 9.17) is 0 Å². The van der Waals surface area contributed by atoms with Crippen molar-refractivity contribution in [2.24, 2.45) is 0 Å². The molecular formula is C17H19NO2S. The molecule has 21 heavy (non-hydrogen) atoms. The Kier molecular flexibility index (Phi) is 3.12. The summed E-state index contributed by atoms with van der Waals surface area (Å²) in [6, 6.07) is 8.03. The molecule has 0 radical (unpaired) electrons. The minimum Gasteiger partial charge on any atom is -0.385 e. The smallest absolute Gasteiger partial charge is 0.0926 e. The van der Waals surface area contributed by atoms with Crippen LogP contribution >= 0.6 is 0 Å². The second kappa shape index (κ2) is 4.89. The summed E-state index contributed by atoms with van der Waals surface area (Å²) in [5, 5.41) is 13.7. The first kappa shape index (κ1) is 13.4. The van der Waals surface area contributed by atoms with Gasteiger partial charge in [0.1, 0.15) is 0 Å². The Labute approximate surface area is 126 Å². The van der Waals surface area contributed by atoms with Crippen LogP contribution in [-0.2, 0) is 16.4 Å². The molecular weight excluding hydrogens is 282 g/mol. The van der Waals surface area contributed by atoms with Gasteiger partial charge < -0.3 is 5.11 Å². The average Bonchev–Trinajstić information content (AvgIpc) is 2.48. The van der Waals surface area contributed by atoms with E-state index < -0.39 is 16.4 Å². The van der Waals surface area contributed by atoms with Crippen LogP contribution in [0.15, 0.2) is 36.7 Å². The van der Waals surface area contributed by atoms with Crippen LogP contribution in [-0.4, -0.2) is 24.8 Å². The van der Waals surface area contributed by atoms with Crippen molar-refractivity contribution < 1.29 is 9.32 Å². The van der Waals surface area contributed by atoms with Crippen molar-refractivity contribution in [1.29, 1.82) is 0 Å². The van der Waals surface area contributed by atoms with Gasteiger partial charge in [-0.25, -0.2) is 0 Å². The fraction of sp³-hybridized carbons (Fsp3) is 0.471. The third-order valence-corrected chi connectivity index (χ3v) is 7.14. The van der Waals surface area contributed by atoms with Crippen LogP contribution in [0.5, 0.6) is 0 Å². The van der Waals surface area contributed by atoms with Gasteiger partial charge in [-0.1, -0.05) is 24.6 Å². The maximum atomic E-state index is 12.4. The van der Waals surface area contributed by atoms with Gasteiger partial charge in [-0.3, -0.25) is 9.19 Å². The lowest BCUT2D eigenvalue weighted by molar-refractivity contribution is 0.00793. The minimum atomic E-state index is -0.855. The molecule has 0 saturated carbocycles. The Balaban J connectivity index is 1.82. The van der Waals surface area contributed by atoms with Crippen LogP contribution in [0, 0.1) is 0 Å². The van der Waals surface area contributed by atoms with Crippen LogP contribution in [0.2, 0.25) is 0 Å². The quantitative estimate of drug-likeness (QED) is 0.881. The molecule has 2 bridgehead atoms. The van der Waals surface area contributed by atoms with Crippen LogP contribution in [0.4, 0.5) is 0 Å². The minimum absolute atomic E-state index is 0.148. The first-order chi connectivity index (χ1) is 10.2. The lowest BCUT2D eigenvalue weighted by Crippen LogP contribution is -2.47. The Bertz CT molecular complexity index is 694. The summed E-state index contributed by atoms with van der Waals surface area (Å²) in [6.07, 6.45) is 7.95. The van der Waals surface area contributed by atoms with Gasteiger partial charge in [0.15, 0.2) is 0 Å². The monoisotopic (exact) mass is 301 g/mol. The summed E-state index contributed by atoms with van der Waals surface area (Å²) in [5.74, 6) is 0. The standard InChI is InChI=1S/C17H19NO2S/c19-17(9-13-4-2-5-14(10-17)21(13)20)16-6-1-3-12-7-8-18-11-15(12)16/h1,3,6-8,11,13-14,19H,2,4-5,9-10H2. The highest BCUT2D eigenvalue weighted by Crippen LogP contribution is 2.45. The fourth-order valence-corrected chi connectivity index (χ4v) is 6.24. The number of rotatable bonds is 1. The van der Waals surface area contributed by atoms with E-state index in [1.165, 1.54) is 0 Å². The van der Waals surface area contributed by atoms with E-state index in [-0.39, 0.29) is 10.5 Å². The average molecular weight is 301 g/mol. The molecule has 2 aliphatic rings. The molecule has 3 heterocycles. The molecule has 0 aliphatic carbocycles. The zero-order valence-electron chi connectivity index (χ0n) is 11.9. The molecule has 2 atom stereocenters. The van der Waals surface area contributed by atoms with E-state index in [1.807, 2.05) is 30.5 Å². The molecule has 110 valence electrons. The van der Waals surface area contributed by atoms with Gasteiger partial charge in [0.2, 0.25) is 0 Å². The molecule has 0 amide bonds. The van der Waals surface area contributed by atoms with Crippen molar-refractivity contribution in [3.8, 4) is 0 Å². The molecule has 3 nitrogen and oxygen atoms in total. The molecule has 1 aromatic heterocycles. The van der Waals surface area contributed by atoms with Gasteiger partial charge in [0, 0.05) is 39.1 Å². The molecule has 2 saturated heterocycles. The fourth-order valence-electron chi connectivity index (χ4n) is 4.02. The number of hydrogen-bond acceptors (Lipinski definition) is 3. The SMILES string of the molecule is O=S1C2CCCC1CC(O)(c1cccc3ccncc13)C2. The Morgan fingerprint density at radius 3 is 2.71 bits per heavy atom. The summed E-state index contributed by atoms with van der Waals surface area (Å²) in [6.45, 7) is 0. The van der Waals surface area contributed by atoms with E-state index in [2.05, 4.69) is 4.98 Å². The number of aromatic nitrogens is 1. The summed E-state index contributed by atoms with van der Waals surface area (Å²) < 4.78 is 12.4. The van der Waals surface area contributed by atoms with Crippen LogP contribution in [0.3, 0.4) is 0 Å². The van der Waals surface area contributed by atoms with Gasteiger partial charge in [0.25, 0.3) is 0 Å². The molecule has 1 aromatic carbocycles. The normalized spacial score (nSPS) is 35.8. The number of benzene rings is 1. The molecule has 1 N–H and O–H groups in total. The van der Waals surface area contributed by atoms with Gasteiger partial charge in [-0.2, -0.15) is 0 Å². The van der Waals surface area contributed by atoms with Crippen molar-refractivity contribution >= 4 is 21.6 Å². The molecule has 2 fully saturated rings. The van der Waals surface area contributed by atoms with Crippen molar-refractivity contribution in [3.05, 3.63) is 42.2 Å². The van der Waals surface area contributed by atoms with Gasteiger partial charge in [-0.05, 0) is 42.7 Å². The second-order valence-electron chi connectivity index (χ2n) is 6.35.